The van der Waals surface area contributed by atoms with Crippen LogP contribution in [0, 0.1) is 0 Å². The van der Waals surface area contributed by atoms with Crippen molar-refractivity contribution in [2.24, 2.45) is 0 Å². The lowest BCUT2D eigenvalue weighted by molar-refractivity contribution is -0.139. The number of nitrogens with zero attached hydrogens (tertiary/aromatic N) is 2. The Hall–Kier alpha value is -2.20. The molecule has 0 saturated carbocycles. The van der Waals surface area contributed by atoms with Crippen LogP contribution in [0.15, 0.2) is 36.4 Å². The van der Waals surface area contributed by atoms with Crippen LogP contribution in [0.25, 0.3) is 0 Å². The van der Waals surface area contributed by atoms with Crippen LogP contribution < -0.4 is 14.4 Å². The third-order valence-corrected chi connectivity index (χ3v) is 6.99. The fraction of sp³-hybridized carbons (Fsp3) is 0.391. The molecular weight excluding hydrogens is 537 g/mol. The van der Waals surface area contributed by atoms with Gasteiger partial charge in [-0.05, 0) is 56.7 Å². The first kappa shape index (κ1) is 29.0. The van der Waals surface area contributed by atoms with Crippen LogP contribution in [0.4, 0.5) is 5.69 Å². The summed E-state index contributed by atoms with van der Waals surface area (Å²) in [6.07, 6.45) is 0.968. The number of amides is 2. The van der Waals surface area contributed by atoms with E-state index in [1.807, 2.05) is 0 Å². The van der Waals surface area contributed by atoms with Crippen LogP contribution in [-0.2, 0) is 26.2 Å². The molecule has 2 rings (SSSR count). The molecule has 0 radical (unpaired) electrons. The van der Waals surface area contributed by atoms with Crippen molar-refractivity contribution in [3.8, 4) is 5.75 Å². The van der Waals surface area contributed by atoms with Gasteiger partial charge in [0, 0.05) is 27.7 Å². The highest BCUT2D eigenvalue weighted by molar-refractivity contribution is 7.92. The van der Waals surface area contributed by atoms with E-state index in [4.69, 9.17) is 39.5 Å². The lowest BCUT2D eigenvalue weighted by Crippen LogP contribution is -2.52. The minimum Gasteiger partial charge on any atom is -0.495 e. The van der Waals surface area contributed by atoms with E-state index in [2.05, 4.69) is 5.32 Å². The fourth-order valence-electron chi connectivity index (χ4n) is 3.27. The molecule has 12 heteroatoms. The molecule has 0 aromatic heterocycles. The van der Waals surface area contributed by atoms with Gasteiger partial charge >= 0.3 is 0 Å². The number of sulfonamides is 1. The van der Waals surface area contributed by atoms with Crippen molar-refractivity contribution in [3.05, 3.63) is 57.0 Å². The first-order valence-electron chi connectivity index (χ1n) is 10.6. The number of hydrogen-bond acceptors (Lipinski definition) is 5. The summed E-state index contributed by atoms with van der Waals surface area (Å²) in [6.45, 7) is 4.50. The van der Waals surface area contributed by atoms with Crippen LogP contribution in [-0.4, -0.2) is 57.1 Å². The molecular formula is C23H28Cl3N3O5S. The van der Waals surface area contributed by atoms with Gasteiger partial charge in [-0.2, -0.15) is 0 Å². The van der Waals surface area contributed by atoms with Gasteiger partial charge in [0.1, 0.15) is 18.3 Å². The maximum atomic E-state index is 13.6. The quantitative estimate of drug-likeness (QED) is 0.463. The van der Waals surface area contributed by atoms with Gasteiger partial charge in [0.15, 0.2) is 0 Å². The van der Waals surface area contributed by atoms with Gasteiger partial charge in [0.2, 0.25) is 21.8 Å². The van der Waals surface area contributed by atoms with E-state index in [0.29, 0.717) is 15.6 Å². The third kappa shape index (κ3) is 7.90. The molecule has 8 nitrogen and oxygen atoms in total. The Balaban J connectivity index is 2.50. The summed E-state index contributed by atoms with van der Waals surface area (Å²) in [5.74, 6) is -0.815. The van der Waals surface area contributed by atoms with Gasteiger partial charge in [0.25, 0.3) is 0 Å². The second-order valence-corrected chi connectivity index (χ2v) is 11.4. The summed E-state index contributed by atoms with van der Waals surface area (Å²) in [7, 11) is -2.57. The van der Waals surface area contributed by atoms with Gasteiger partial charge in [0.05, 0.1) is 19.1 Å². The lowest BCUT2D eigenvalue weighted by atomic mass is 10.1. The molecule has 0 aliphatic carbocycles. The number of carbonyl (C=O) groups excluding carboxylic acids is 2. The molecule has 0 bridgehead atoms. The highest BCUT2D eigenvalue weighted by atomic mass is 35.5. The van der Waals surface area contributed by atoms with Crippen LogP contribution >= 0.6 is 34.8 Å². The Morgan fingerprint density at radius 1 is 1.03 bits per heavy atom. The number of ether oxygens (including phenoxy) is 1. The second kappa shape index (κ2) is 12.2. The molecule has 1 unspecified atom stereocenters. The number of carbonyl (C=O) groups is 2. The number of hydrogen-bond donors (Lipinski definition) is 1. The molecule has 35 heavy (non-hydrogen) atoms. The zero-order valence-electron chi connectivity index (χ0n) is 20.0. The van der Waals surface area contributed by atoms with E-state index >= 15 is 0 Å². The number of methoxy groups -OCH3 is 1. The molecule has 0 heterocycles. The molecule has 192 valence electrons. The monoisotopic (exact) mass is 563 g/mol. The minimum absolute atomic E-state index is 0.0498. The summed E-state index contributed by atoms with van der Waals surface area (Å²) in [6, 6.07) is 8.13. The van der Waals surface area contributed by atoms with Crippen molar-refractivity contribution >= 4 is 62.3 Å². The highest BCUT2D eigenvalue weighted by Gasteiger charge is 2.31. The molecule has 2 aromatic carbocycles. The Bertz CT molecular complexity index is 1190. The first-order valence-corrected chi connectivity index (χ1v) is 13.6. The van der Waals surface area contributed by atoms with Gasteiger partial charge < -0.3 is 15.0 Å². The highest BCUT2D eigenvalue weighted by Crippen LogP contribution is 2.33. The van der Waals surface area contributed by atoms with Crippen molar-refractivity contribution in [1.82, 2.24) is 10.2 Å². The van der Waals surface area contributed by atoms with E-state index in [1.54, 1.807) is 39.0 Å². The van der Waals surface area contributed by atoms with Crippen LogP contribution in [0.2, 0.25) is 15.1 Å². The number of benzene rings is 2. The SMILES string of the molecule is COc1ccc(Cl)cc1N(CC(=O)N(Cc1ccc(Cl)cc1Cl)C(C)C(=O)NC(C)C)S(C)(=O)=O. The normalized spacial score (nSPS) is 12.3. The molecule has 2 amide bonds. The van der Waals surface area contributed by atoms with Crippen molar-refractivity contribution in [2.45, 2.75) is 39.4 Å². The van der Waals surface area contributed by atoms with E-state index in [0.717, 1.165) is 10.6 Å². The van der Waals surface area contributed by atoms with E-state index in [-0.39, 0.29) is 29.0 Å². The summed E-state index contributed by atoms with van der Waals surface area (Å²) in [5, 5.41) is 3.76. The number of nitrogens with one attached hydrogen (secondary N) is 1. The van der Waals surface area contributed by atoms with Gasteiger partial charge in [-0.15, -0.1) is 0 Å². The van der Waals surface area contributed by atoms with Crippen molar-refractivity contribution in [1.29, 1.82) is 0 Å². The Morgan fingerprint density at radius 3 is 2.17 bits per heavy atom. The Labute approximate surface area is 221 Å². The van der Waals surface area contributed by atoms with Gasteiger partial charge in [-0.3, -0.25) is 13.9 Å². The third-order valence-electron chi connectivity index (χ3n) is 5.04. The number of halogens is 3. The lowest BCUT2D eigenvalue weighted by Gasteiger charge is -2.32. The molecule has 0 fully saturated rings. The smallest absolute Gasteiger partial charge is 0.244 e. The summed E-state index contributed by atoms with van der Waals surface area (Å²) < 4.78 is 31.6. The van der Waals surface area contributed by atoms with E-state index in [1.165, 1.54) is 30.2 Å². The predicted molar refractivity (Wildman–Crippen MR) is 140 cm³/mol. The van der Waals surface area contributed by atoms with Crippen LogP contribution in [0.5, 0.6) is 5.75 Å². The van der Waals surface area contributed by atoms with Crippen molar-refractivity contribution < 1.29 is 22.7 Å². The number of rotatable bonds is 10. The summed E-state index contributed by atoms with van der Waals surface area (Å²) in [4.78, 5) is 27.6. The molecule has 0 saturated heterocycles. The topological polar surface area (TPSA) is 96.0 Å². The average molecular weight is 565 g/mol. The zero-order valence-corrected chi connectivity index (χ0v) is 23.1. The molecule has 0 aliphatic heterocycles. The minimum atomic E-state index is -3.94. The molecule has 0 spiro atoms. The average Bonchev–Trinajstić information content (AvgIpc) is 2.75. The maximum Gasteiger partial charge on any atom is 0.244 e. The van der Waals surface area contributed by atoms with E-state index in [9.17, 15) is 18.0 Å². The Morgan fingerprint density at radius 2 is 1.63 bits per heavy atom. The second-order valence-electron chi connectivity index (χ2n) is 8.18. The summed E-state index contributed by atoms with van der Waals surface area (Å²) >= 11 is 18.4. The number of anilines is 1. The Kier molecular flexibility index (Phi) is 10.1. The van der Waals surface area contributed by atoms with Gasteiger partial charge in [-0.25, -0.2) is 8.42 Å². The van der Waals surface area contributed by atoms with Crippen LogP contribution in [0.1, 0.15) is 26.3 Å². The largest absolute Gasteiger partial charge is 0.495 e. The van der Waals surface area contributed by atoms with E-state index < -0.39 is 34.4 Å². The molecule has 1 N–H and O–H groups in total. The zero-order chi connectivity index (χ0) is 26.5. The molecule has 1 atom stereocenters. The first-order chi connectivity index (χ1) is 16.2. The van der Waals surface area contributed by atoms with Crippen molar-refractivity contribution in [3.63, 3.8) is 0 Å². The van der Waals surface area contributed by atoms with Crippen molar-refractivity contribution in [2.75, 3.05) is 24.2 Å². The molecule has 2 aromatic rings. The van der Waals surface area contributed by atoms with Crippen LogP contribution in [0.3, 0.4) is 0 Å². The maximum absolute atomic E-state index is 13.6. The summed E-state index contributed by atoms with van der Waals surface area (Å²) in [5.41, 5.74) is 0.638. The standard InChI is InChI=1S/C23H28Cl3N3O5S/c1-14(2)27-23(31)15(3)28(12-16-6-7-17(24)10-19(16)26)22(30)13-29(35(5,32)33)20-11-18(25)8-9-21(20)34-4/h6-11,14-15H,12-13H2,1-5H3,(H,27,31). The van der Waals surface area contributed by atoms with Gasteiger partial charge in [-0.1, -0.05) is 40.9 Å². The fourth-order valence-corrected chi connectivity index (χ4v) is 4.75. The predicted octanol–water partition coefficient (Wildman–Crippen LogP) is 4.36. The molecule has 0 aliphatic rings.